The van der Waals surface area contributed by atoms with Crippen molar-refractivity contribution in [2.24, 2.45) is 5.92 Å². The largest absolute Gasteiger partial charge is 0.0610 e. The molecular formula is C19H20. The van der Waals surface area contributed by atoms with Gasteiger partial charge < -0.3 is 0 Å². The smallest absolute Gasteiger partial charge is 0.00360 e. The lowest BCUT2D eigenvalue weighted by Gasteiger charge is -2.22. The van der Waals surface area contributed by atoms with E-state index >= 15 is 0 Å². The molecule has 2 aliphatic rings. The van der Waals surface area contributed by atoms with E-state index in [1.807, 2.05) is 0 Å². The lowest BCUT2D eigenvalue weighted by Crippen LogP contribution is -2.06. The van der Waals surface area contributed by atoms with Gasteiger partial charge in [-0.1, -0.05) is 74.6 Å². The minimum Gasteiger partial charge on any atom is -0.0610 e. The van der Waals surface area contributed by atoms with Crippen LogP contribution in [0.4, 0.5) is 0 Å². The van der Waals surface area contributed by atoms with Crippen molar-refractivity contribution < 1.29 is 0 Å². The molecule has 0 N–H and O–H groups in total. The maximum Gasteiger partial charge on any atom is -0.00360 e. The second-order valence-corrected chi connectivity index (χ2v) is 6.13. The van der Waals surface area contributed by atoms with Gasteiger partial charge in [-0.25, -0.2) is 0 Å². The highest BCUT2D eigenvalue weighted by molar-refractivity contribution is 6.09. The number of hydrogen-bond donors (Lipinski definition) is 0. The molecule has 0 amide bonds. The number of hydrogen-bond acceptors (Lipinski definition) is 0. The molecule has 0 bridgehead atoms. The standard InChI is InChI=1S/C19H20/c1-2-6-14(7-3-1)12-17-13-16-10-4-8-15-9-5-11-18(17)19(15)16/h4-5,8-11,13-14H,1-3,6-7,12H2. The fraction of sp³-hybridized carbons (Fsp3) is 0.368. The Morgan fingerprint density at radius 3 is 2.53 bits per heavy atom. The van der Waals surface area contributed by atoms with Gasteiger partial charge >= 0.3 is 0 Å². The van der Waals surface area contributed by atoms with Crippen molar-refractivity contribution in [3.63, 3.8) is 0 Å². The third-order valence-corrected chi connectivity index (χ3v) is 4.85. The van der Waals surface area contributed by atoms with E-state index in [9.17, 15) is 0 Å². The summed E-state index contributed by atoms with van der Waals surface area (Å²) in [7, 11) is 0. The van der Waals surface area contributed by atoms with Crippen LogP contribution in [0.5, 0.6) is 0 Å². The highest BCUT2D eigenvalue weighted by Crippen LogP contribution is 2.41. The van der Waals surface area contributed by atoms with Gasteiger partial charge in [-0.05, 0) is 39.8 Å². The maximum absolute atomic E-state index is 2.44. The van der Waals surface area contributed by atoms with Crippen LogP contribution in [-0.2, 0) is 0 Å². The van der Waals surface area contributed by atoms with Gasteiger partial charge in [0.2, 0.25) is 0 Å². The molecule has 0 aromatic heterocycles. The average Bonchev–Trinajstić information content (AvgIpc) is 2.81. The first-order chi connectivity index (χ1) is 9.42. The van der Waals surface area contributed by atoms with E-state index in [0.717, 1.165) is 5.92 Å². The molecule has 0 aliphatic heterocycles. The van der Waals surface area contributed by atoms with Crippen LogP contribution in [0.2, 0.25) is 0 Å². The first-order valence-electron chi connectivity index (χ1n) is 7.64. The molecule has 0 heterocycles. The molecule has 0 atom stereocenters. The molecule has 0 radical (unpaired) electrons. The zero-order valence-corrected chi connectivity index (χ0v) is 11.4. The molecule has 2 aromatic rings. The van der Waals surface area contributed by atoms with Crippen molar-refractivity contribution in [3.05, 3.63) is 47.5 Å². The van der Waals surface area contributed by atoms with Crippen molar-refractivity contribution in [2.75, 3.05) is 0 Å². The fourth-order valence-corrected chi connectivity index (χ4v) is 3.89. The second kappa shape index (κ2) is 4.52. The molecule has 0 heteroatoms. The Morgan fingerprint density at radius 2 is 1.68 bits per heavy atom. The molecule has 2 aromatic carbocycles. The summed E-state index contributed by atoms with van der Waals surface area (Å²) in [4.78, 5) is 0. The van der Waals surface area contributed by atoms with Crippen LogP contribution in [0.3, 0.4) is 0 Å². The van der Waals surface area contributed by atoms with Crippen LogP contribution >= 0.6 is 0 Å². The second-order valence-electron chi connectivity index (χ2n) is 6.13. The highest BCUT2D eigenvalue weighted by Gasteiger charge is 2.20. The van der Waals surface area contributed by atoms with Gasteiger partial charge in [-0.2, -0.15) is 0 Å². The lowest BCUT2D eigenvalue weighted by molar-refractivity contribution is 0.365. The Morgan fingerprint density at radius 1 is 0.895 bits per heavy atom. The van der Waals surface area contributed by atoms with Gasteiger partial charge in [0.15, 0.2) is 0 Å². The van der Waals surface area contributed by atoms with Crippen molar-refractivity contribution in [2.45, 2.75) is 38.5 Å². The Balaban J connectivity index is 1.71. The van der Waals surface area contributed by atoms with E-state index in [4.69, 9.17) is 0 Å². The quantitative estimate of drug-likeness (QED) is 0.643. The van der Waals surface area contributed by atoms with E-state index in [-0.39, 0.29) is 0 Å². The average molecular weight is 248 g/mol. The first-order valence-corrected chi connectivity index (χ1v) is 7.64. The Hall–Kier alpha value is -1.56. The predicted molar refractivity (Wildman–Crippen MR) is 83.0 cm³/mol. The summed E-state index contributed by atoms with van der Waals surface area (Å²) < 4.78 is 0. The van der Waals surface area contributed by atoms with Crippen molar-refractivity contribution in [1.82, 2.24) is 0 Å². The summed E-state index contributed by atoms with van der Waals surface area (Å²) >= 11 is 0. The van der Waals surface area contributed by atoms with Crippen molar-refractivity contribution in [1.29, 1.82) is 0 Å². The molecule has 0 spiro atoms. The summed E-state index contributed by atoms with van der Waals surface area (Å²) in [6.07, 6.45) is 10.9. The number of benzene rings is 2. The Bertz CT molecular complexity index is 637. The van der Waals surface area contributed by atoms with Crippen LogP contribution < -0.4 is 0 Å². The number of rotatable bonds is 2. The van der Waals surface area contributed by atoms with Gasteiger partial charge in [-0.15, -0.1) is 0 Å². The maximum atomic E-state index is 2.44. The SMILES string of the molecule is C1=C(CC2CCCCC2)c2cccc3cccc1c23. The summed E-state index contributed by atoms with van der Waals surface area (Å²) in [5, 5.41) is 2.88. The molecule has 0 unspecified atom stereocenters. The Labute approximate surface area is 115 Å². The minimum atomic E-state index is 0.921. The van der Waals surface area contributed by atoms with Crippen LogP contribution in [0.25, 0.3) is 22.4 Å². The van der Waals surface area contributed by atoms with Crippen molar-refractivity contribution >= 4 is 22.4 Å². The predicted octanol–water partition coefficient (Wildman–Crippen LogP) is 5.66. The topological polar surface area (TPSA) is 0 Å². The summed E-state index contributed by atoms with van der Waals surface area (Å²) in [6.45, 7) is 0. The zero-order chi connectivity index (χ0) is 12.7. The molecule has 1 saturated carbocycles. The summed E-state index contributed by atoms with van der Waals surface area (Å²) in [6, 6.07) is 13.4. The van der Waals surface area contributed by atoms with E-state index in [1.165, 1.54) is 60.4 Å². The molecule has 2 aliphatic carbocycles. The monoisotopic (exact) mass is 248 g/mol. The molecule has 0 saturated heterocycles. The summed E-state index contributed by atoms with van der Waals surface area (Å²) in [5.74, 6) is 0.921. The molecule has 0 nitrogen and oxygen atoms in total. The normalized spacial score (nSPS) is 18.8. The molecular weight excluding hydrogens is 228 g/mol. The molecule has 4 rings (SSSR count). The van der Waals surface area contributed by atoms with E-state index < -0.39 is 0 Å². The van der Waals surface area contributed by atoms with E-state index in [1.54, 1.807) is 5.57 Å². The summed E-state index contributed by atoms with van der Waals surface area (Å²) in [5.41, 5.74) is 4.51. The van der Waals surface area contributed by atoms with Crippen molar-refractivity contribution in [3.8, 4) is 0 Å². The Kier molecular flexibility index (Phi) is 2.69. The van der Waals surface area contributed by atoms with Crippen LogP contribution in [-0.4, -0.2) is 0 Å². The molecule has 1 fully saturated rings. The third-order valence-electron chi connectivity index (χ3n) is 4.85. The van der Waals surface area contributed by atoms with E-state index in [2.05, 4.69) is 42.5 Å². The fourth-order valence-electron chi connectivity index (χ4n) is 3.89. The van der Waals surface area contributed by atoms with Gasteiger partial charge in [0, 0.05) is 0 Å². The highest BCUT2D eigenvalue weighted by atomic mass is 14.2. The van der Waals surface area contributed by atoms with Crippen LogP contribution in [0.15, 0.2) is 36.4 Å². The first kappa shape index (κ1) is 11.3. The van der Waals surface area contributed by atoms with Crippen LogP contribution in [0, 0.1) is 5.92 Å². The van der Waals surface area contributed by atoms with Gasteiger partial charge in [0.25, 0.3) is 0 Å². The zero-order valence-electron chi connectivity index (χ0n) is 11.4. The van der Waals surface area contributed by atoms with Crippen LogP contribution in [0.1, 0.15) is 49.7 Å². The molecule has 96 valence electrons. The van der Waals surface area contributed by atoms with Gasteiger partial charge in [-0.3, -0.25) is 0 Å². The third kappa shape index (κ3) is 1.90. The van der Waals surface area contributed by atoms with Gasteiger partial charge in [0.05, 0.1) is 0 Å². The molecule has 19 heavy (non-hydrogen) atoms. The lowest BCUT2D eigenvalue weighted by atomic mass is 9.83. The van der Waals surface area contributed by atoms with Gasteiger partial charge in [0.1, 0.15) is 0 Å². The minimum absolute atomic E-state index is 0.921. The van der Waals surface area contributed by atoms with E-state index in [0.29, 0.717) is 0 Å². The number of allylic oxidation sites excluding steroid dienone is 1.